The van der Waals surface area contributed by atoms with Crippen LogP contribution < -0.4 is 10.5 Å². The van der Waals surface area contributed by atoms with Crippen molar-refractivity contribution >= 4 is 28.6 Å². The van der Waals surface area contributed by atoms with Crippen molar-refractivity contribution in [2.45, 2.75) is 44.8 Å². The fourth-order valence-electron chi connectivity index (χ4n) is 3.74. The number of nitrogens with zero attached hydrogens (tertiary/aromatic N) is 4. The summed E-state index contributed by atoms with van der Waals surface area (Å²) in [4.78, 5) is 22.1. The fraction of sp³-hybridized carbons (Fsp3) is 0.450. The number of hydrogen-bond acceptors (Lipinski definition) is 5. The van der Waals surface area contributed by atoms with Gasteiger partial charge in [-0.25, -0.2) is 4.68 Å². The van der Waals surface area contributed by atoms with Crippen LogP contribution in [-0.2, 0) is 11.1 Å². The molecule has 0 unspecified atom stereocenters. The second-order valence-electron chi connectivity index (χ2n) is 8.35. The van der Waals surface area contributed by atoms with Gasteiger partial charge in [-0.3, -0.25) is 9.78 Å². The Bertz CT molecular complexity index is 1070. The van der Waals surface area contributed by atoms with Gasteiger partial charge in [-0.1, -0.05) is 29.8 Å². The first-order valence-corrected chi connectivity index (χ1v) is 9.78. The molecule has 0 atom stereocenters. The van der Waals surface area contributed by atoms with Gasteiger partial charge in [0.1, 0.15) is 5.39 Å². The van der Waals surface area contributed by atoms with Crippen molar-refractivity contribution in [3.8, 4) is 0 Å². The molecule has 0 spiro atoms. The van der Waals surface area contributed by atoms with Crippen molar-refractivity contribution in [1.29, 1.82) is 0 Å². The molecule has 0 saturated carbocycles. The van der Waals surface area contributed by atoms with Crippen molar-refractivity contribution in [3.63, 3.8) is 0 Å². The predicted molar refractivity (Wildman–Crippen MR) is 110 cm³/mol. The Kier molecular flexibility index (Phi) is 4.47. The van der Waals surface area contributed by atoms with Gasteiger partial charge in [0, 0.05) is 23.7 Å². The van der Waals surface area contributed by atoms with Crippen molar-refractivity contribution in [2.24, 2.45) is 0 Å². The molecule has 0 aliphatic carbocycles. The van der Waals surface area contributed by atoms with E-state index in [-0.39, 0.29) is 11.1 Å². The van der Waals surface area contributed by atoms with Gasteiger partial charge in [-0.05, 0) is 39.7 Å². The number of nitrogens with one attached hydrogen (secondary N) is 1. The van der Waals surface area contributed by atoms with Crippen molar-refractivity contribution in [3.05, 3.63) is 51.4 Å². The Morgan fingerprint density at radius 3 is 2.54 bits per heavy atom. The number of benzene rings is 1. The highest BCUT2D eigenvalue weighted by molar-refractivity contribution is 6.31. The molecular formula is C20H24ClN5O2. The first-order valence-electron chi connectivity index (χ1n) is 9.40. The number of aromatic nitrogens is 4. The highest BCUT2D eigenvalue weighted by Gasteiger charge is 2.36. The number of rotatable bonds is 2. The lowest BCUT2D eigenvalue weighted by Crippen LogP contribution is -2.44. The zero-order chi connectivity index (χ0) is 20.1. The average molecular weight is 402 g/mol. The summed E-state index contributed by atoms with van der Waals surface area (Å²) in [5.74, 6) is 0.504. The van der Waals surface area contributed by atoms with Gasteiger partial charge in [0.25, 0.3) is 5.56 Å². The standard InChI is InChI=1S/C20H24ClN5O2/c1-19(2,3)26-16-13(12-22-26)17(27)24-18(23-16)25-10-8-20(28,9-11-25)14-6-4-5-7-15(14)21/h4-7,12,28H,8-11H2,1-3H3,(H,23,24,27). The largest absolute Gasteiger partial charge is 0.385 e. The zero-order valence-corrected chi connectivity index (χ0v) is 17.0. The van der Waals surface area contributed by atoms with Crippen LogP contribution >= 0.6 is 11.6 Å². The maximum absolute atomic E-state index is 12.5. The molecule has 28 heavy (non-hydrogen) atoms. The molecule has 2 aromatic heterocycles. The van der Waals surface area contributed by atoms with Crippen LogP contribution in [-0.4, -0.2) is 37.9 Å². The predicted octanol–water partition coefficient (Wildman–Crippen LogP) is 3.02. The van der Waals surface area contributed by atoms with Gasteiger partial charge in [-0.15, -0.1) is 0 Å². The normalized spacial score (nSPS) is 17.2. The SMILES string of the molecule is CC(C)(C)n1ncc2c(=O)[nH]c(N3CCC(O)(c4ccccc4Cl)CC3)nc21. The summed E-state index contributed by atoms with van der Waals surface area (Å²) in [6, 6.07) is 7.40. The van der Waals surface area contributed by atoms with E-state index < -0.39 is 5.60 Å². The molecule has 0 amide bonds. The number of H-pyrrole nitrogens is 1. The number of piperidine rings is 1. The van der Waals surface area contributed by atoms with Gasteiger partial charge in [0.05, 0.1) is 17.3 Å². The molecular weight excluding hydrogens is 378 g/mol. The van der Waals surface area contributed by atoms with Gasteiger partial charge in [0.15, 0.2) is 5.65 Å². The highest BCUT2D eigenvalue weighted by Crippen LogP contribution is 2.37. The molecule has 1 aliphatic rings. The smallest absolute Gasteiger partial charge is 0.263 e. The maximum Gasteiger partial charge on any atom is 0.263 e. The average Bonchev–Trinajstić information content (AvgIpc) is 3.07. The number of halogens is 1. The minimum Gasteiger partial charge on any atom is -0.385 e. The Morgan fingerprint density at radius 2 is 1.89 bits per heavy atom. The van der Waals surface area contributed by atoms with E-state index in [2.05, 4.69) is 15.1 Å². The monoisotopic (exact) mass is 401 g/mol. The Balaban J connectivity index is 1.64. The number of aliphatic hydroxyl groups is 1. The number of aromatic amines is 1. The summed E-state index contributed by atoms with van der Waals surface area (Å²) in [6.45, 7) is 7.17. The van der Waals surface area contributed by atoms with E-state index in [1.54, 1.807) is 16.9 Å². The molecule has 0 bridgehead atoms. The second kappa shape index (κ2) is 6.60. The van der Waals surface area contributed by atoms with Gasteiger partial charge >= 0.3 is 0 Å². The van der Waals surface area contributed by atoms with Crippen LogP contribution in [0.15, 0.2) is 35.3 Å². The lowest BCUT2D eigenvalue weighted by molar-refractivity contribution is 0.0116. The van der Waals surface area contributed by atoms with E-state index >= 15 is 0 Å². The summed E-state index contributed by atoms with van der Waals surface area (Å²) >= 11 is 6.29. The van der Waals surface area contributed by atoms with E-state index in [4.69, 9.17) is 11.6 Å². The molecule has 148 valence electrons. The molecule has 3 aromatic rings. The third-order valence-electron chi connectivity index (χ3n) is 5.33. The summed E-state index contributed by atoms with van der Waals surface area (Å²) in [7, 11) is 0. The number of hydrogen-bond donors (Lipinski definition) is 2. The minimum atomic E-state index is -0.980. The third kappa shape index (κ3) is 3.18. The molecule has 1 saturated heterocycles. The number of fused-ring (bicyclic) bond motifs is 1. The molecule has 3 heterocycles. The Morgan fingerprint density at radius 1 is 1.21 bits per heavy atom. The fourth-order valence-corrected chi connectivity index (χ4v) is 4.06. The molecule has 2 N–H and O–H groups in total. The van der Waals surface area contributed by atoms with E-state index in [1.807, 2.05) is 43.9 Å². The molecule has 7 nitrogen and oxygen atoms in total. The van der Waals surface area contributed by atoms with E-state index in [9.17, 15) is 9.90 Å². The lowest BCUT2D eigenvalue weighted by Gasteiger charge is -2.39. The van der Waals surface area contributed by atoms with Gasteiger partial charge < -0.3 is 10.0 Å². The summed E-state index contributed by atoms with van der Waals surface area (Å²) < 4.78 is 1.77. The molecule has 4 rings (SSSR count). The summed E-state index contributed by atoms with van der Waals surface area (Å²) in [6.07, 6.45) is 2.55. The highest BCUT2D eigenvalue weighted by atomic mass is 35.5. The summed E-state index contributed by atoms with van der Waals surface area (Å²) in [5, 5.41) is 16.5. The topological polar surface area (TPSA) is 87.0 Å². The second-order valence-corrected chi connectivity index (χ2v) is 8.76. The minimum absolute atomic E-state index is 0.206. The zero-order valence-electron chi connectivity index (χ0n) is 16.2. The summed E-state index contributed by atoms with van der Waals surface area (Å²) in [5.41, 5.74) is -0.155. The van der Waals surface area contributed by atoms with Crippen LogP contribution in [0.5, 0.6) is 0 Å². The molecule has 1 aromatic carbocycles. The van der Waals surface area contributed by atoms with Crippen LogP contribution in [0, 0.1) is 0 Å². The van der Waals surface area contributed by atoms with Gasteiger partial charge in [0.2, 0.25) is 5.95 Å². The van der Waals surface area contributed by atoms with E-state index in [1.165, 1.54) is 0 Å². The molecule has 8 heteroatoms. The number of anilines is 1. The van der Waals surface area contributed by atoms with Crippen molar-refractivity contribution in [2.75, 3.05) is 18.0 Å². The van der Waals surface area contributed by atoms with Crippen LogP contribution in [0.1, 0.15) is 39.2 Å². The van der Waals surface area contributed by atoms with E-state index in [0.29, 0.717) is 47.9 Å². The Hall–Kier alpha value is -2.38. The van der Waals surface area contributed by atoms with Gasteiger partial charge in [-0.2, -0.15) is 10.1 Å². The maximum atomic E-state index is 12.5. The first kappa shape index (κ1) is 19.0. The van der Waals surface area contributed by atoms with Crippen LogP contribution in [0.3, 0.4) is 0 Å². The van der Waals surface area contributed by atoms with Crippen molar-refractivity contribution in [1.82, 2.24) is 19.7 Å². The first-order chi connectivity index (χ1) is 13.2. The molecule has 1 fully saturated rings. The van der Waals surface area contributed by atoms with E-state index in [0.717, 1.165) is 5.56 Å². The quantitative estimate of drug-likeness (QED) is 0.689. The third-order valence-corrected chi connectivity index (χ3v) is 5.66. The molecule has 1 aliphatic heterocycles. The van der Waals surface area contributed by atoms with Crippen LogP contribution in [0.2, 0.25) is 5.02 Å². The van der Waals surface area contributed by atoms with Crippen LogP contribution in [0.4, 0.5) is 5.95 Å². The van der Waals surface area contributed by atoms with Crippen molar-refractivity contribution < 1.29 is 5.11 Å². The molecule has 0 radical (unpaired) electrons. The van der Waals surface area contributed by atoms with Crippen LogP contribution in [0.25, 0.3) is 11.0 Å². The lowest BCUT2D eigenvalue weighted by atomic mass is 9.84. The Labute approximate surface area is 168 Å².